The Morgan fingerprint density at radius 3 is 2.50 bits per heavy atom. The van der Waals surface area contributed by atoms with E-state index in [1.807, 2.05) is 31.7 Å². The van der Waals surface area contributed by atoms with Crippen LogP contribution in [0.1, 0.15) is 39.7 Å². The van der Waals surface area contributed by atoms with Gasteiger partial charge in [0.25, 0.3) is 0 Å². The standard InChI is InChI=1S/C18H28N2O2/c1-5-16-14-19(13-15-9-7-6-8-10-15)11-12-20(16)17(21)22-18(2,3)4/h6-10,16H,5,11-14H2,1-4H3/t16-/m0/s1. The predicted octanol–water partition coefficient (Wildman–Crippen LogP) is 3.52. The van der Waals surface area contributed by atoms with Crippen molar-refractivity contribution in [2.75, 3.05) is 19.6 Å². The minimum atomic E-state index is -0.434. The molecule has 1 saturated heterocycles. The lowest BCUT2D eigenvalue weighted by atomic mass is 10.1. The van der Waals surface area contributed by atoms with Gasteiger partial charge in [0, 0.05) is 32.2 Å². The highest BCUT2D eigenvalue weighted by Crippen LogP contribution is 2.19. The number of piperazine rings is 1. The molecule has 1 aromatic rings. The van der Waals surface area contributed by atoms with E-state index in [1.165, 1.54) is 5.56 Å². The first-order chi connectivity index (χ1) is 10.4. The van der Waals surface area contributed by atoms with Crippen LogP contribution in [0, 0.1) is 0 Å². The molecule has 0 unspecified atom stereocenters. The van der Waals surface area contributed by atoms with Crippen molar-refractivity contribution in [1.82, 2.24) is 9.80 Å². The van der Waals surface area contributed by atoms with E-state index in [9.17, 15) is 4.79 Å². The highest BCUT2D eigenvalue weighted by Gasteiger charge is 2.32. The Hall–Kier alpha value is -1.55. The van der Waals surface area contributed by atoms with Crippen molar-refractivity contribution in [3.8, 4) is 0 Å². The molecule has 1 amide bonds. The predicted molar refractivity (Wildman–Crippen MR) is 88.7 cm³/mol. The lowest BCUT2D eigenvalue weighted by Gasteiger charge is -2.41. The molecule has 22 heavy (non-hydrogen) atoms. The number of amides is 1. The molecule has 0 spiro atoms. The van der Waals surface area contributed by atoms with Crippen LogP contribution in [0.15, 0.2) is 30.3 Å². The topological polar surface area (TPSA) is 32.8 Å². The van der Waals surface area contributed by atoms with Crippen molar-refractivity contribution in [2.45, 2.75) is 52.3 Å². The SMILES string of the molecule is CC[C@H]1CN(Cc2ccccc2)CCN1C(=O)OC(C)(C)C. The zero-order valence-corrected chi connectivity index (χ0v) is 14.2. The summed E-state index contributed by atoms with van der Waals surface area (Å²) in [6.07, 6.45) is 0.767. The third-order valence-corrected chi connectivity index (χ3v) is 3.92. The van der Waals surface area contributed by atoms with Gasteiger partial charge in [-0.3, -0.25) is 4.90 Å². The number of benzene rings is 1. The third kappa shape index (κ3) is 4.73. The number of hydrogen-bond acceptors (Lipinski definition) is 3. The van der Waals surface area contributed by atoms with Gasteiger partial charge in [-0.25, -0.2) is 4.79 Å². The van der Waals surface area contributed by atoms with Crippen LogP contribution in [0.25, 0.3) is 0 Å². The summed E-state index contributed by atoms with van der Waals surface area (Å²) < 4.78 is 5.53. The number of hydrogen-bond donors (Lipinski definition) is 0. The first-order valence-corrected chi connectivity index (χ1v) is 8.15. The molecule has 1 aliphatic rings. The van der Waals surface area contributed by atoms with Gasteiger partial charge in [-0.2, -0.15) is 0 Å². The van der Waals surface area contributed by atoms with Crippen LogP contribution in [0.2, 0.25) is 0 Å². The largest absolute Gasteiger partial charge is 0.444 e. The van der Waals surface area contributed by atoms with Gasteiger partial charge >= 0.3 is 6.09 Å². The summed E-state index contributed by atoms with van der Waals surface area (Å²) in [5.74, 6) is 0. The minimum Gasteiger partial charge on any atom is -0.444 e. The molecule has 2 rings (SSSR count). The maximum absolute atomic E-state index is 12.3. The van der Waals surface area contributed by atoms with Gasteiger partial charge < -0.3 is 9.64 Å². The smallest absolute Gasteiger partial charge is 0.410 e. The van der Waals surface area contributed by atoms with E-state index in [0.29, 0.717) is 0 Å². The molecule has 4 heteroatoms. The zero-order valence-electron chi connectivity index (χ0n) is 14.2. The molecule has 0 saturated carbocycles. The van der Waals surface area contributed by atoms with Gasteiger partial charge in [0.15, 0.2) is 0 Å². The molecular weight excluding hydrogens is 276 g/mol. The Balaban J connectivity index is 1.95. The highest BCUT2D eigenvalue weighted by molar-refractivity contribution is 5.68. The molecule has 1 aromatic carbocycles. The number of carbonyl (C=O) groups excluding carboxylic acids is 1. The Bertz CT molecular complexity index is 482. The summed E-state index contributed by atoms with van der Waals surface area (Å²) in [5, 5.41) is 0. The second-order valence-corrected chi connectivity index (χ2v) is 6.96. The van der Waals surface area contributed by atoms with Gasteiger partial charge in [0.1, 0.15) is 5.60 Å². The first kappa shape index (κ1) is 16.8. The minimum absolute atomic E-state index is 0.182. The van der Waals surface area contributed by atoms with Crippen LogP contribution in [-0.2, 0) is 11.3 Å². The molecule has 1 atom stereocenters. The number of nitrogens with zero attached hydrogens (tertiary/aromatic N) is 2. The second-order valence-electron chi connectivity index (χ2n) is 6.96. The van der Waals surface area contributed by atoms with E-state index in [-0.39, 0.29) is 12.1 Å². The Kier molecular flexibility index (Phi) is 5.46. The molecule has 1 fully saturated rings. The van der Waals surface area contributed by atoms with Crippen LogP contribution in [0.4, 0.5) is 4.79 Å². The van der Waals surface area contributed by atoms with Crippen molar-refractivity contribution >= 4 is 6.09 Å². The van der Waals surface area contributed by atoms with E-state index in [2.05, 4.69) is 36.1 Å². The van der Waals surface area contributed by atoms with E-state index in [1.54, 1.807) is 0 Å². The average molecular weight is 304 g/mol. The normalized spacial score (nSPS) is 20.0. The Labute approximate surface area is 134 Å². The number of rotatable bonds is 3. The van der Waals surface area contributed by atoms with Crippen molar-refractivity contribution in [2.24, 2.45) is 0 Å². The first-order valence-electron chi connectivity index (χ1n) is 8.15. The van der Waals surface area contributed by atoms with Gasteiger partial charge in [0.2, 0.25) is 0 Å². The maximum Gasteiger partial charge on any atom is 0.410 e. The van der Waals surface area contributed by atoms with Gasteiger partial charge in [0.05, 0.1) is 0 Å². The lowest BCUT2D eigenvalue weighted by molar-refractivity contribution is -0.00300. The summed E-state index contributed by atoms with van der Waals surface area (Å²) >= 11 is 0. The van der Waals surface area contributed by atoms with Gasteiger partial charge in [-0.1, -0.05) is 37.3 Å². The molecule has 122 valence electrons. The van der Waals surface area contributed by atoms with Crippen LogP contribution in [-0.4, -0.2) is 47.2 Å². The molecule has 0 aromatic heterocycles. The lowest BCUT2D eigenvalue weighted by Crippen LogP contribution is -2.55. The van der Waals surface area contributed by atoms with Crippen LogP contribution in [0.5, 0.6) is 0 Å². The molecule has 4 nitrogen and oxygen atoms in total. The quantitative estimate of drug-likeness (QED) is 0.856. The highest BCUT2D eigenvalue weighted by atomic mass is 16.6. The van der Waals surface area contributed by atoms with Crippen molar-refractivity contribution in [1.29, 1.82) is 0 Å². The molecule has 0 bridgehead atoms. The van der Waals surface area contributed by atoms with Crippen LogP contribution >= 0.6 is 0 Å². The summed E-state index contributed by atoms with van der Waals surface area (Å²) in [6, 6.07) is 10.7. The molecule has 0 aliphatic carbocycles. The van der Waals surface area contributed by atoms with E-state index in [4.69, 9.17) is 4.74 Å². The van der Waals surface area contributed by atoms with Crippen molar-refractivity contribution < 1.29 is 9.53 Å². The Morgan fingerprint density at radius 1 is 1.23 bits per heavy atom. The zero-order chi connectivity index (χ0) is 16.2. The molecule has 1 heterocycles. The summed E-state index contributed by atoms with van der Waals surface area (Å²) in [6.45, 7) is 11.4. The fraction of sp³-hybridized carbons (Fsp3) is 0.611. The van der Waals surface area contributed by atoms with Gasteiger partial charge in [-0.05, 0) is 32.8 Å². The van der Waals surface area contributed by atoms with Crippen molar-refractivity contribution in [3.63, 3.8) is 0 Å². The summed E-state index contributed by atoms with van der Waals surface area (Å²) in [5.41, 5.74) is 0.888. The monoisotopic (exact) mass is 304 g/mol. The Morgan fingerprint density at radius 2 is 1.91 bits per heavy atom. The maximum atomic E-state index is 12.3. The van der Waals surface area contributed by atoms with E-state index >= 15 is 0 Å². The van der Waals surface area contributed by atoms with Crippen molar-refractivity contribution in [3.05, 3.63) is 35.9 Å². The molecular formula is C18H28N2O2. The fourth-order valence-corrected chi connectivity index (χ4v) is 2.82. The van der Waals surface area contributed by atoms with Crippen LogP contribution < -0.4 is 0 Å². The summed E-state index contributed by atoms with van der Waals surface area (Å²) in [7, 11) is 0. The van der Waals surface area contributed by atoms with E-state index in [0.717, 1.165) is 32.6 Å². The number of ether oxygens (including phenoxy) is 1. The molecule has 0 N–H and O–H groups in total. The third-order valence-electron chi connectivity index (χ3n) is 3.92. The second kappa shape index (κ2) is 7.14. The average Bonchev–Trinajstić information content (AvgIpc) is 2.46. The molecule has 0 radical (unpaired) electrons. The number of carbonyl (C=O) groups is 1. The van der Waals surface area contributed by atoms with E-state index < -0.39 is 5.60 Å². The molecule has 1 aliphatic heterocycles. The van der Waals surface area contributed by atoms with Crippen LogP contribution in [0.3, 0.4) is 0 Å². The van der Waals surface area contributed by atoms with Gasteiger partial charge in [-0.15, -0.1) is 0 Å². The summed E-state index contributed by atoms with van der Waals surface area (Å²) in [4.78, 5) is 16.6. The fourth-order valence-electron chi connectivity index (χ4n) is 2.82.